The minimum atomic E-state index is -0.557. The van der Waals surface area contributed by atoms with Crippen molar-refractivity contribution in [1.29, 1.82) is 0 Å². The zero-order valence-corrected chi connectivity index (χ0v) is 7.80. The van der Waals surface area contributed by atoms with Crippen LogP contribution in [0.15, 0.2) is 18.3 Å². The average Bonchev–Trinajstić information content (AvgIpc) is 2.05. The molecule has 0 unspecified atom stereocenters. The molecule has 1 rings (SSSR count). The molecule has 0 aliphatic rings. The van der Waals surface area contributed by atoms with Gasteiger partial charge in [0.2, 0.25) is 5.95 Å². The van der Waals surface area contributed by atoms with Crippen LogP contribution >= 0.6 is 12.4 Å². The molecule has 0 saturated heterocycles. The molecule has 0 aliphatic heterocycles. The second-order valence-corrected chi connectivity index (χ2v) is 2.50. The molecule has 0 spiro atoms. The lowest BCUT2D eigenvalue weighted by atomic mass is 10.1. The van der Waals surface area contributed by atoms with E-state index in [-0.39, 0.29) is 19.0 Å². The molecule has 0 bridgehead atoms. The Kier molecular flexibility index (Phi) is 5.53. The van der Waals surface area contributed by atoms with E-state index in [0.717, 1.165) is 0 Å². The van der Waals surface area contributed by atoms with Crippen LogP contribution in [0, 0.1) is 5.95 Å². The monoisotopic (exact) mass is 206 g/mol. The Morgan fingerprint density at radius 3 is 2.85 bits per heavy atom. The Hall–Kier alpha value is -0.710. The summed E-state index contributed by atoms with van der Waals surface area (Å²) < 4.78 is 12.9. The smallest absolute Gasteiger partial charge is 0.217 e. The first-order chi connectivity index (χ1) is 5.75. The summed E-state index contributed by atoms with van der Waals surface area (Å²) in [6.07, 6.45) is 1.72. The van der Waals surface area contributed by atoms with Crippen molar-refractivity contribution in [1.82, 2.24) is 4.98 Å². The minimum absolute atomic E-state index is 0. The van der Waals surface area contributed by atoms with Gasteiger partial charge in [-0.2, -0.15) is 4.39 Å². The third kappa shape index (κ3) is 3.26. The first kappa shape index (κ1) is 12.3. The van der Waals surface area contributed by atoms with Gasteiger partial charge in [0.1, 0.15) is 0 Å². The maximum absolute atomic E-state index is 12.9. The Balaban J connectivity index is 0.00000144. The van der Waals surface area contributed by atoms with Crippen LogP contribution in [0.3, 0.4) is 0 Å². The highest BCUT2D eigenvalue weighted by Gasteiger charge is 2.10. The van der Waals surface area contributed by atoms with Crippen LogP contribution in [0.4, 0.5) is 4.39 Å². The second-order valence-electron chi connectivity index (χ2n) is 2.50. The number of halogens is 2. The van der Waals surface area contributed by atoms with Crippen molar-refractivity contribution in [3.05, 3.63) is 29.8 Å². The van der Waals surface area contributed by atoms with Crippen LogP contribution in [0.2, 0.25) is 0 Å². The lowest BCUT2D eigenvalue weighted by Crippen LogP contribution is -2.14. The number of nitrogens with zero attached hydrogens (tertiary/aromatic N) is 1. The van der Waals surface area contributed by atoms with Gasteiger partial charge in [-0.25, -0.2) is 4.98 Å². The predicted molar refractivity (Wildman–Crippen MR) is 50.1 cm³/mol. The Labute approximate surface area is 82.2 Å². The van der Waals surface area contributed by atoms with Crippen molar-refractivity contribution < 1.29 is 9.50 Å². The molecule has 0 fully saturated rings. The van der Waals surface area contributed by atoms with Crippen LogP contribution in [0.5, 0.6) is 0 Å². The molecule has 74 valence electrons. The zero-order chi connectivity index (χ0) is 8.97. The summed E-state index contributed by atoms with van der Waals surface area (Å²) in [5.41, 5.74) is 5.92. The van der Waals surface area contributed by atoms with Gasteiger partial charge in [-0.1, -0.05) is 6.07 Å². The van der Waals surface area contributed by atoms with Gasteiger partial charge in [0, 0.05) is 24.4 Å². The highest BCUT2D eigenvalue weighted by atomic mass is 35.5. The quantitative estimate of drug-likeness (QED) is 0.727. The summed E-state index contributed by atoms with van der Waals surface area (Å²) in [7, 11) is 0. The van der Waals surface area contributed by atoms with E-state index < -0.39 is 12.0 Å². The molecule has 0 amide bonds. The largest absolute Gasteiger partial charge is 0.396 e. The van der Waals surface area contributed by atoms with E-state index in [1.54, 1.807) is 12.1 Å². The molecule has 0 aromatic carbocycles. The summed E-state index contributed by atoms with van der Waals surface area (Å²) in [6, 6.07) is 2.72. The molecular weight excluding hydrogens is 195 g/mol. The molecule has 3 nitrogen and oxygen atoms in total. The summed E-state index contributed by atoms with van der Waals surface area (Å²) >= 11 is 0. The normalized spacial score (nSPS) is 11.9. The molecule has 13 heavy (non-hydrogen) atoms. The fourth-order valence-corrected chi connectivity index (χ4v) is 0.970. The van der Waals surface area contributed by atoms with Crippen molar-refractivity contribution in [3.63, 3.8) is 0 Å². The van der Waals surface area contributed by atoms with E-state index >= 15 is 0 Å². The second kappa shape index (κ2) is 5.85. The van der Waals surface area contributed by atoms with E-state index in [1.165, 1.54) is 6.20 Å². The number of aliphatic hydroxyl groups excluding tert-OH is 1. The Bertz CT molecular complexity index is 260. The van der Waals surface area contributed by atoms with Gasteiger partial charge in [0.25, 0.3) is 0 Å². The van der Waals surface area contributed by atoms with Gasteiger partial charge in [0.15, 0.2) is 0 Å². The molecule has 1 aromatic rings. The molecule has 1 heterocycles. The van der Waals surface area contributed by atoms with Gasteiger partial charge < -0.3 is 10.8 Å². The first-order valence-electron chi connectivity index (χ1n) is 3.72. The van der Waals surface area contributed by atoms with Crippen LogP contribution in [0.25, 0.3) is 0 Å². The topological polar surface area (TPSA) is 59.1 Å². The number of aromatic nitrogens is 1. The SMILES string of the molecule is Cl.N[C@H](CCO)c1cccnc1F. The van der Waals surface area contributed by atoms with Crippen molar-refractivity contribution in [2.45, 2.75) is 12.5 Å². The van der Waals surface area contributed by atoms with Gasteiger partial charge in [-0.05, 0) is 12.5 Å². The number of hydrogen-bond donors (Lipinski definition) is 2. The van der Waals surface area contributed by atoms with Gasteiger partial charge in [-0.15, -0.1) is 12.4 Å². The summed E-state index contributed by atoms with van der Waals surface area (Å²) in [4.78, 5) is 3.45. The van der Waals surface area contributed by atoms with Crippen molar-refractivity contribution in [3.8, 4) is 0 Å². The average molecular weight is 207 g/mol. The highest BCUT2D eigenvalue weighted by molar-refractivity contribution is 5.85. The number of nitrogens with two attached hydrogens (primary N) is 1. The molecule has 3 N–H and O–H groups in total. The molecule has 1 atom stereocenters. The third-order valence-corrected chi connectivity index (χ3v) is 1.63. The fraction of sp³-hybridized carbons (Fsp3) is 0.375. The van der Waals surface area contributed by atoms with E-state index in [2.05, 4.69) is 4.98 Å². The highest BCUT2D eigenvalue weighted by Crippen LogP contribution is 2.14. The van der Waals surface area contributed by atoms with Crippen LogP contribution in [-0.4, -0.2) is 16.7 Å². The van der Waals surface area contributed by atoms with E-state index in [1.807, 2.05) is 0 Å². The first-order valence-corrected chi connectivity index (χ1v) is 3.72. The van der Waals surface area contributed by atoms with Crippen molar-refractivity contribution >= 4 is 12.4 Å². The zero-order valence-electron chi connectivity index (χ0n) is 6.98. The Morgan fingerprint density at radius 2 is 2.31 bits per heavy atom. The predicted octanol–water partition coefficient (Wildman–Crippen LogP) is 1.02. The van der Waals surface area contributed by atoms with Crippen molar-refractivity contribution in [2.24, 2.45) is 5.73 Å². The van der Waals surface area contributed by atoms with Crippen molar-refractivity contribution in [2.75, 3.05) is 6.61 Å². The summed E-state index contributed by atoms with van der Waals surface area (Å²) in [6.45, 7) is -0.0461. The van der Waals surface area contributed by atoms with E-state index in [4.69, 9.17) is 10.8 Å². The van der Waals surface area contributed by atoms with Crippen LogP contribution < -0.4 is 5.73 Å². The van der Waals surface area contributed by atoms with Gasteiger partial charge in [-0.3, -0.25) is 0 Å². The number of hydrogen-bond acceptors (Lipinski definition) is 3. The Morgan fingerprint density at radius 1 is 1.62 bits per heavy atom. The number of rotatable bonds is 3. The van der Waals surface area contributed by atoms with Crippen LogP contribution in [0.1, 0.15) is 18.0 Å². The van der Waals surface area contributed by atoms with Gasteiger partial charge >= 0.3 is 0 Å². The molecule has 5 heteroatoms. The molecule has 0 aliphatic carbocycles. The third-order valence-electron chi connectivity index (χ3n) is 1.63. The molecular formula is C8H12ClFN2O. The number of aliphatic hydroxyl groups is 1. The molecule has 1 aromatic heterocycles. The lowest BCUT2D eigenvalue weighted by molar-refractivity contribution is 0.275. The summed E-state index contributed by atoms with van der Waals surface area (Å²) in [5.74, 6) is -0.557. The summed E-state index contributed by atoms with van der Waals surface area (Å²) in [5, 5.41) is 8.57. The number of pyridine rings is 1. The maximum Gasteiger partial charge on any atom is 0.217 e. The van der Waals surface area contributed by atoms with E-state index in [9.17, 15) is 4.39 Å². The standard InChI is InChI=1S/C8H11FN2O.ClH/c9-8-6(2-1-4-11-8)7(10)3-5-12;/h1-2,4,7,12H,3,5,10H2;1H/t7-;/m1./s1. The lowest BCUT2D eigenvalue weighted by Gasteiger charge is -2.09. The molecule has 0 saturated carbocycles. The maximum atomic E-state index is 12.9. The van der Waals surface area contributed by atoms with Gasteiger partial charge in [0.05, 0.1) is 0 Å². The minimum Gasteiger partial charge on any atom is -0.396 e. The van der Waals surface area contributed by atoms with Crippen LogP contribution in [-0.2, 0) is 0 Å². The fourth-order valence-electron chi connectivity index (χ4n) is 0.970. The van der Waals surface area contributed by atoms with E-state index in [0.29, 0.717) is 12.0 Å². The molecule has 0 radical (unpaired) electrons.